The smallest absolute Gasteiger partial charge is 0.0589 e. The van der Waals surface area contributed by atoms with E-state index in [2.05, 4.69) is 15.9 Å². The molecule has 2 N–H and O–H groups in total. The van der Waals surface area contributed by atoms with Crippen molar-refractivity contribution in [1.82, 2.24) is 4.90 Å². The Bertz CT molecular complexity index is 348. The van der Waals surface area contributed by atoms with Gasteiger partial charge in [0.2, 0.25) is 0 Å². The van der Waals surface area contributed by atoms with Crippen LogP contribution in [0.4, 0.5) is 11.4 Å². The zero-order chi connectivity index (χ0) is 12.1. The van der Waals surface area contributed by atoms with Crippen LogP contribution in [0, 0.1) is 0 Å². The van der Waals surface area contributed by atoms with Crippen molar-refractivity contribution in [2.75, 3.05) is 57.1 Å². The topological polar surface area (TPSA) is 41.7 Å². The molecule has 1 aromatic carbocycles. The first-order valence-electron chi connectivity index (χ1n) is 6.11. The summed E-state index contributed by atoms with van der Waals surface area (Å²) < 4.78 is 5.10. The molecule has 17 heavy (non-hydrogen) atoms. The molecule has 1 aliphatic rings. The van der Waals surface area contributed by atoms with E-state index in [4.69, 9.17) is 10.5 Å². The first-order valence-corrected chi connectivity index (χ1v) is 6.11. The molecule has 4 heteroatoms. The fourth-order valence-electron chi connectivity index (χ4n) is 2.17. The molecule has 0 atom stereocenters. The Balaban J connectivity index is 1.86. The summed E-state index contributed by atoms with van der Waals surface area (Å²) in [6.07, 6.45) is 0. The van der Waals surface area contributed by atoms with E-state index in [0.717, 1.165) is 45.0 Å². The number of hydrogen-bond donors (Lipinski definition) is 1. The van der Waals surface area contributed by atoms with Gasteiger partial charge in [0.25, 0.3) is 0 Å². The van der Waals surface area contributed by atoms with E-state index in [1.54, 1.807) is 7.11 Å². The summed E-state index contributed by atoms with van der Waals surface area (Å²) in [5.74, 6) is 0. The minimum atomic E-state index is 0.818. The first-order chi connectivity index (χ1) is 8.29. The molecule has 0 aliphatic carbocycles. The maximum atomic E-state index is 5.80. The van der Waals surface area contributed by atoms with Gasteiger partial charge in [-0.2, -0.15) is 0 Å². The highest BCUT2D eigenvalue weighted by atomic mass is 16.5. The zero-order valence-electron chi connectivity index (χ0n) is 10.4. The number of nitrogens with two attached hydrogens (primary N) is 1. The zero-order valence-corrected chi connectivity index (χ0v) is 10.4. The van der Waals surface area contributed by atoms with Crippen LogP contribution in [-0.2, 0) is 4.74 Å². The predicted molar refractivity (Wildman–Crippen MR) is 71.4 cm³/mol. The Morgan fingerprint density at radius 3 is 2.65 bits per heavy atom. The molecule has 0 aromatic heterocycles. The fourth-order valence-corrected chi connectivity index (χ4v) is 2.17. The fraction of sp³-hybridized carbons (Fsp3) is 0.538. The van der Waals surface area contributed by atoms with E-state index in [-0.39, 0.29) is 0 Å². The molecule has 2 rings (SSSR count). The van der Waals surface area contributed by atoms with Crippen LogP contribution in [-0.4, -0.2) is 51.3 Å². The van der Waals surface area contributed by atoms with Crippen LogP contribution in [0.3, 0.4) is 0 Å². The first kappa shape index (κ1) is 12.2. The lowest BCUT2D eigenvalue weighted by atomic mass is 10.2. The third-order valence-corrected chi connectivity index (χ3v) is 3.22. The SMILES string of the molecule is COCCN1CCN(c2cccc(N)c2)CC1. The summed E-state index contributed by atoms with van der Waals surface area (Å²) in [6.45, 7) is 6.16. The number of benzene rings is 1. The summed E-state index contributed by atoms with van der Waals surface area (Å²) in [4.78, 5) is 4.83. The molecule has 0 radical (unpaired) electrons. The van der Waals surface area contributed by atoms with Gasteiger partial charge >= 0.3 is 0 Å². The largest absolute Gasteiger partial charge is 0.399 e. The van der Waals surface area contributed by atoms with Crippen molar-refractivity contribution >= 4 is 11.4 Å². The molecule has 1 fully saturated rings. The van der Waals surface area contributed by atoms with Crippen molar-refractivity contribution in [2.24, 2.45) is 0 Å². The molecular weight excluding hydrogens is 214 g/mol. The number of anilines is 2. The highest BCUT2D eigenvalue weighted by Gasteiger charge is 2.16. The highest BCUT2D eigenvalue weighted by Crippen LogP contribution is 2.18. The predicted octanol–water partition coefficient (Wildman–Crippen LogP) is 1.04. The van der Waals surface area contributed by atoms with E-state index in [1.807, 2.05) is 18.2 Å². The molecule has 0 spiro atoms. The minimum Gasteiger partial charge on any atom is -0.399 e. The highest BCUT2D eigenvalue weighted by molar-refractivity contribution is 5.56. The minimum absolute atomic E-state index is 0.818. The van der Waals surface area contributed by atoms with Gasteiger partial charge in [-0.05, 0) is 18.2 Å². The molecule has 1 saturated heterocycles. The van der Waals surface area contributed by atoms with Gasteiger partial charge in [-0.25, -0.2) is 0 Å². The van der Waals surface area contributed by atoms with Gasteiger partial charge in [-0.3, -0.25) is 4.90 Å². The van der Waals surface area contributed by atoms with Crippen LogP contribution in [0.15, 0.2) is 24.3 Å². The molecule has 1 heterocycles. The number of nitrogen functional groups attached to an aromatic ring is 1. The standard InChI is InChI=1S/C13H21N3O/c1-17-10-9-15-5-7-16(8-6-15)13-4-2-3-12(14)11-13/h2-4,11H,5-10,14H2,1H3. The number of piperazine rings is 1. The number of nitrogens with zero attached hydrogens (tertiary/aromatic N) is 2. The molecule has 1 aromatic rings. The van der Waals surface area contributed by atoms with Gasteiger partial charge in [-0.15, -0.1) is 0 Å². The molecular formula is C13H21N3O. The summed E-state index contributed by atoms with van der Waals surface area (Å²) in [5.41, 5.74) is 7.87. The van der Waals surface area contributed by atoms with E-state index in [1.165, 1.54) is 5.69 Å². The monoisotopic (exact) mass is 235 g/mol. The maximum absolute atomic E-state index is 5.80. The van der Waals surface area contributed by atoms with Crippen molar-refractivity contribution in [3.8, 4) is 0 Å². The van der Waals surface area contributed by atoms with E-state index < -0.39 is 0 Å². The van der Waals surface area contributed by atoms with Crippen molar-refractivity contribution < 1.29 is 4.74 Å². The van der Waals surface area contributed by atoms with Gasteiger partial charge in [0, 0.05) is 51.2 Å². The number of hydrogen-bond acceptors (Lipinski definition) is 4. The van der Waals surface area contributed by atoms with E-state index in [9.17, 15) is 0 Å². The Hall–Kier alpha value is -1.26. The Labute approximate surface area is 103 Å². The normalized spacial score (nSPS) is 17.4. The number of ether oxygens (including phenoxy) is 1. The van der Waals surface area contributed by atoms with E-state index >= 15 is 0 Å². The maximum Gasteiger partial charge on any atom is 0.0589 e. The van der Waals surface area contributed by atoms with Crippen LogP contribution in [0.1, 0.15) is 0 Å². The van der Waals surface area contributed by atoms with Crippen molar-refractivity contribution in [1.29, 1.82) is 0 Å². The second-order valence-corrected chi connectivity index (χ2v) is 4.42. The van der Waals surface area contributed by atoms with Gasteiger partial charge < -0.3 is 15.4 Å². The van der Waals surface area contributed by atoms with Gasteiger partial charge in [0.1, 0.15) is 0 Å². The lowest BCUT2D eigenvalue weighted by Crippen LogP contribution is -2.47. The van der Waals surface area contributed by atoms with Gasteiger partial charge in [-0.1, -0.05) is 6.07 Å². The number of methoxy groups -OCH3 is 1. The molecule has 0 unspecified atom stereocenters. The van der Waals surface area contributed by atoms with Crippen molar-refractivity contribution in [2.45, 2.75) is 0 Å². The summed E-state index contributed by atoms with van der Waals surface area (Å²) in [5, 5.41) is 0. The third-order valence-electron chi connectivity index (χ3n) is 3.22. The average Bonchev–Trinajstić information content (AvgIpc) is 2.37. The number of rotatable bonds is 4. The molecule has 0 bridgehead atoms. The Morgan fingerprint density at radius 1 is 1.24 bits per heavy atom. The summed E-state index contributed by atoms with van der Waals surface area (Å²) >= 11 is 0. The lowest BCUT2D eigenvalue weighted by Gasteiger charge is -2.36. The summed E-state index contributed by atoms with van der Waals surface area (Å²) in [7, 11) is 1.75. The van der Waals surface area contributed by atoms with Crippen LogP contribution < -0.4 is 10.6 Å². The van der Waals surface area contributed by atoms with Gasteiger partial charge in [0.05, 0.1) is 6.61 Å². The second-order valence-electron chi connectivity index (χ2n) is 4.42. The van der Waals surface area contributed by atoms with Crippen molar-refractivity contribution in [3.63, 3.8) is 0 Å². The van der Waals surface area contributed by atoms with Crippen LogP contribution >= 0.6 is 0 Å². The second kappa shape index (κ2) is 5.89. The molecule has 1 aliphatic heterocycles. The Kier molecular flexibility index (Phi) is 4.23. The third kappa shape index (κ3) is 3.35. The lowest BCUT2D eigenvalue weighted by molar-refractivity contribution is 0.144. The average molecular weight is 235 g/mol. The molecule has 0 amide bonds. The van der Waals surface area contributed by atoms with E-state index in [0.29, 0.717) is 0 Å². The van der Waals surface area contributed by atoms with Crippen molar-refractivity contribution in [3.05, 3.63) is 24.3 Å². The molecule has 94 valence electrons. The van der Waals surface area contributed by atoms with Crippen LogP contribution in [0.5, 0.6) is 0 Å². The molecule has 0 saturated carbocycles. The quantitative estimate of drug-likeness (QED) is 0.792. The van der Waals surface area contributed by atoms with Crippen LogP contribution in [0.25, 0.3) is 0 Å². The Morgan fingerprint density at radius 2 is 2.00 bits per heavy atom. The van der Waals surface area contributed by atoms with Gasteiger partial charge in [0.15, 0.2) is 0 Å². The van der Waals surface area contributed by atoms with Crippen LogP contribution in [0.2, 0.25) is 0 Å². The summed E-state index contributed by atoms with van der Waals surface area (Å²) in [6, 6.07) is 8.12. The molecule has 4 nitrogen and oxygen atoms in total.